The number of hydrogen-bond donors (Lipinski definition) is 1. The smallest absolute Gasteiger partial charge is 0.152 e. The zero-order valence-electron chi connectivity index (χ0n) is 12.1. The average molecular weight is 286 g/mol. The quantitative estimate of drug-likeness (QED) is 0.678. The highest BCUT2D eigenvalue weighted by molar-refractivity contribution is 5.89. The van der Waals surface area contributed by atoms with Crippen LogP contribution >= 0.6 is 0 Å². The molecule has 106 valence electrons. The molecule has 22 heavy (non-hydrogen) atoms. The molecule has 0 aliphatic carbocycles. The van der Waals surface area contributed by atoms with Crippen LogP contribution in [0.2, 0.25) is 0 Å². The number of hydrogen-bond acceptors (Lipinski definition) is 3. The number of rotatable bonds is 2. The molecule has 2 aromatic heterocycles. The van der Waals surface area contributed by atoms with E-state index in [2.05, 4.69) is 46.4 Å². The maximum Gasteiger partial charge on any atom is 0.152 e. The summed E-state index contributed by atoms with van der Waals surface area (Å²) in [4.78, 5) is 4.06. The number of anilines is 1. The highest BCUT2D eigenvalue weighted by atomic mass is 16.3. The third-order valence-electron chi connectivity index (χ3n) is 3.71. The molecule has 0 atom stereocenters. The first kappa shape index (κ1) is 12.7. The van der Waals surface area contributed by atoms with Crippen molar-refractivity contribution in [1.29, 1.82) is 0 Å². The molecule has 3 heterocycles. The number of fused-ring (bicyclic) bond motifs is 2. The van der Waals surface area contributed by atoms with Gasteiger partial charge in [0.15, 0.2) is 5.58 Å². The number of aromatic nitrogens is 1. The zero-order valence-corrected chi connectivity index (χ0v) is 12.1. The lowest BCUT2D eigenvalue weighted by molar-refractivity contribution is 0.613. The summed E-state index contributed by atoms with van der Waals surface area (Å²) in [5.41, 5.74) is 9.47. The van der Waals surface area contributed by atoms with Crippen LogP contribution in [0.25, 0.3) is 29.2 Å². The van der Waals surface area contributed by atoms with Crippen LogP contribution in [-0.2, 0) is 0 Å². The van der Waals surface area contributed by atoms with Crippen LogP contribution in [0.1, 0.15) is 23.6 Å². The molecule has 0 saturated heterocycles. The Morgan fingerprint density at radius 2 is 2.18 bits per heavy atom. The first-order valence-electron chi connectivity index (χ1n) is 7.13. The van der Waals surface area contributed by atoms with E-state index in [1.54, 1.807) is 18.7 Å². The van der Waals surface area contributed by atoms with Gasteiger partial charge in [-0.05, 0) is 30.7 Å². The third-order valence-corrected chi connectivity index (χ3v) is 3.71. The molecular weight excluding hydrogens is 272 g/mol. The lowest BCUT2D eigenvalue weighted by Crippen LogP contribution is -1.99. The molecule has 0 spiro atoms. The van der Waals surface area contributed by atoms with Crippen LogP contribution in [0.5, 0.6) is 0 Å². The average Bonchev–Trinajstić information content (AvgIpc) is 2.96. The summed E-state index contributed by atoms with van der Waals surface area (Å²) in [6.45, 7) is 2.01. The monoisotopic (exact) mass is 286 g/mol. The lowest BCUT2D eigenvalue weighted by atomic mass is 10.1. The molecule has 3 nitrogen and oxygen atoms in total. The fourth-order valence-electron chi connectivity index (χ4n) is 2.55. The lowest BCUT2D eigenvalue weighted by Gasteiger charge is -2.12. The molecule has 1 aromatic carbocycles. The summed E-state index contributed by atoms with van der Waals surface area (Å²) in [5, 5.41) is 4.41. The van der Waals surface area contributed by atoms with Gasteiger partial charge in [0, 0.05) is 28.4 Å². The largest absolute Gasteiger partial charge is 0.462 e. The third kappa shape index (κ3) is 2.24. The van der Waals surface area contributed by atoms with E-state index in [4.69, 9.17) is 4.42 Å². The van der Waals surface area contributed by atoms with Crippen LogP contribution in [0.3, 0.4) is 0 Å². The fourth-order valence-corrected chi connectivity index (χ4v) is 2.55. The second-order valence-corrected chi connectivity index (χ2v) is 5.28. The maximum absolute atomic E-state index is 5.50. The van der Waals surface area contributed by atoms with Crippen molar-refractivity contribution in [2.45, 2.75) is 6.92 Å². The van der Waals surface area contributed by atoms with Crippen molar-refractivity contribution in [2.75, 3.05) is 5.32 Å². The molecule has 3 heteroatoms. The van der Waals surface area contributed by atoms with E-state index in [0.717, 1.165) is 39.0 Å². The van der Waals surface area contributed by atoms with Crippen molar-refractivity contribution in [3.8, 4) is 0 Å². The Morgan fingerprint density at radius 3 is 3.14 bits per heavy atom. The predicted octanol–water partition coefficient (Wildman–Crippen LogP) is 4.94. The van der Waals surface area contributed by atoms with E-state index >= 15 is 0 Å². The first-order chi connectivity index (χ1) is 10.8. The molecule has 0 saturated carbocycles. The molecule has 3 aromatic rings. The topological polar surface area (TPSA) is 38.1 Å². The number of benzene rings is 1. The second-order valence-electron chi connectivity index (χ2n) is 5.28. The Balaban J connectivity index is 1.67. The van der Waals surface area contributed by atoms with Crippen molar-refractivity contribution < 1.29 is 4.42 Å². The highest BCUT2D eigenvalue weighted by Crippen LogP contribution is 2.26. The van der Waals surface area contributed by atoms with Gasteiger partial charge < -0.3 is 9.73 Å². The standard InChI is InChI=1S/C19H14N2O/c1-13-2-5-15-6-3-14(10-18(15)21-13)4-7-16-12-22-19-11-20-9-8-17(16)19/h3-12,21H,1H3/b7-4-. The van der Waals surface area contributed by atoms with Crippen molar-refractivity contribution in [3.05, 3.63) is 71.0 Å². The van der Waals surface area contributed by atoms with Gasteiger partial charge in [-0.15, -0.1) is 0 Å². The Hall–Kier alpha value is -3.03. The zero-order chi connectivity index (χ0) is 14.9. The van der Waals surface area contributed by atoms with Gasteiger partial charge in [0.2, 0.25) is 0 Å². The minimum Gasteiger partial charge on any atom is -0.462 e. The Labute approximate surface area is 128 Å². The Kier molecular flexibility index (Phi) is 2.92. The van der Waals surface area contributed by atoms with E-state index in [1.165, 1.54) is 0 Å². The van der Waals surface area contributed by atoms with Crippen LogP contribution in [-0.4, -0.2) is 4.98 Å². The van der Waals surface area contributed by atoms with E-state index in [0.29, 0.717) is 0 Å². The van der Waals surface area contributed by atoms with E-state index < -0.39 is 0 Å². The van der Waals surface area contributed by atoms with Gasteiger partial charge in [-0.3, -0.25) is 4.98 Å². The summed E-state index contributed by atoms with van der Waals surface area (Å²) in [6.07, 6.45) is 11.4. The van der Waals surface area contributed by atoms with Gasteiger partial charge in [-0.25, -0.2) is 0 Å². The van der Waals surface area contributed by atoms with Gasteiger partial charge in [-0.2, -0.15) is 0 Å². The number of allylic oxidation sites excluding steroid dienone is 1. The van der Waals surface area contributed by atoms with Crippen LogP contribution in [0, 0.1) is 0 Å². The van der Waals surface area contributed by atoms with Gasteiger partial charge in [-0.1, -0.05) is 30.0 Å². The van der Waals surface area contributed by atoms with E-state index in [-0.39, 0.29) is 0 Å². The molecule has 0 bridgehead atoms. The summed E-state index contributed by atoms with van der Waals surface area (Å²) in [7, 11) is 0. The van der Waals surface area contributed by atoms with Crippen molar-refractivity contribution in [3.63, 3.8) is 0 Å². The summed E-state index contributed by atoms with van der Waals surface area (Å²) >= 11 is 0. The summed E-state index contributed by atoms with van der Waals surface area (Å²) in [6, 6.07) is 8.29. The number of pyridine rings is 1. The van der Waals surface area contributed by atoms with Gasteiger partial charge >= 0.3 is 0 Å². The van der Waals surface area contributed by atoms with Crippen molar-refractivity contribution in [2.24, 2.45) is 0 Å². The summed E-state index contributed by atoms with van der Waals surface area (Å²) in [5.74, 6) is 0. The number of nitrogens with one attached hydrogen (secondary N) is 1. The molecule has 4 rings (SSSR count). The molecule has 0 unspecified atom stereocenters. The van der Waals surface area contributed by atoms with E-state index in [1.807, 2.05) is 19.1 Å². The number of nitrogens with zero attached hydrogens (tertiary/aromatic N) is 1. The molecule has 0 amide bonds. The van der Waals surface area contributed by atoms with Crippen molar-refractivity contribution in [1.82, 2.24) is 4.98 Å². The normalized spacial score (nSPS) is 13.2. The van der Waals surface area contributed by atoms with Gasteiger partial charge in [0.25, 0.3) is 0 Å². The van der Waals surface area contributed by atoms with Crippen LogP contribution < -0.4 is 5.32 Å². The molecule has 1 aliphatic heterocycles. The van der Waals surface area contributed by atoms with Crippen LogP contribution in [0.15, 0.2) is 58.8 Å². The van der Waals surface area contributed by atoms with Gasteiger partial charge in [0.1, 0.15) is 0 Å². The molecule has 1 aliphatic rings. The predicted molar refractivity (Wildman–Crippen MR) is 90.2 cm³/mol. The molecule has 1 N–H and O–H groups in total. The first-order valence-corrected chi connectivity index (χ1v) is 7.13. The minimum atomic E-state index is 0.806. The second kappa shape index (κ2) is 5.06. The number of furan rings is 1. The highest BCUT2D eigenvalue weighted by Gasteiger charge is 2.05. The molecule has 0 radical (unpaired) electrons. The van der Waals surface area contributed by atoms with Crippen LogP contribution in [0.4, 0.5) is 5.69 Å². The van der Waals surface area contributed by atoms with E-state index in [9.17, 15) is 0 Å². The SMILES string of the molecule is CC1=C=Cc2ccc(/C=C\c3coc4cnccc34)cc2N1. The summed E-state index contributed by atoms with van der Waals surface area (Å²) < 4.78 is 5.50. The van der Waals surface area contributed by atoms with Crippen molar-refractivity contribution >= 4 is 34.9 Å². The maximum atomic E-state index is 5.50. The Bertz CT molecular complexity index is 956. The Morgan fingerprint density at radius 1 is 1.23 bits per heavy atom. The van der Waals surface area contributed by atoms with Gasteiger partial charge in [0.05, 0.1) is 18.2 Å². The fraction of sp³-hybridized carbons (Fsp3) is 0.0526. The minimum absolute atomic E-state index is 0.806. The molecule has 0 fully saturated rings. The molecular formula is C19H14N2O.